The van der Waals surface area contributed by atoms with Gasteiger partial charge in [0.1, 0.15) is 12.2 Å². The molecular formula is C12H21N5OS. The second-order valence-electron chi connectivity index (χ2n) is 5.71. The molecule has 3 rings (SSSR count). The second-order valence-corrected chi connectivity index (χ2v) is 6.53. The van der Waals surface area contributed by atoms with Gasteiger partial charge in [-0.05, 0) is 31.2 Å². The second kappa shape index (κ2) is 5.41. The fourth-order valence-electron chi connectivity index (χ4n) is 3.18. The Balaban J connectivity index is 1.74. The van der Waals surface area contributed by atoms with Crippen molar-refractivity contribution in [3.8, 4) is 0 Å². The zero-order valence-electron chi connectivity index (χ0n) is 11.3. The van der Waals surface area contributed by atoms with E-state index in [0.717, 1.165) is 6.54 Å². The average molecular weight is 283 g/mol. The topological polar surface area (TPSA) is 64.1 Å². The lowest BCUT2D eigenvalue weighted by Gasteiger charge is -2.41. The van der Waals surface area contributed by atoms with Crippen LogP contribution in [0.15, 0.2) is 5.51 Å². The molecule has 0 amide bonds. The van der Waals surface area contributed by atoms with E-state index < -0.39 is 4.65 Å². The lowest BCUT2D eigenvalue weighted by Crippen LogP contribution is -2.58. The van der Waals surface area contributed by atoms with Gasteiger partial charge in [0.05, 0.1) is 6.54 Å². The molecule has 0 radical (unpaired) electrons. The maximum Gasteiger partial charge on any atom is 0.308 e. The first-order chi connectivity index (χ1) is 9.18. The Kier molecular flexibility index (Phi) is 3.81. The monoisotopic (exact) mass is 283 g/mol. The number of hydrogen-bond acceptors (Lipinski definition) is 6. The first-order valence-electron chi connectivity index (χ1n) is 6.98. The van der Waals surface area contributed by atoms with Gasteiger partial charge < -0.3 is 5.21 Å². The van der Waals surface area contributed by atoms with Crippen LogP contribution in [0.25, 0.3) is 0 Å². The zero-order chi connectivity index (χ0) is 13.3. The minimum Gasteiger partial charge on any atom is -0.623 e. The summed E-state index contributed by atoms with van der Waals surface area (Å²) in [7, 11) is 1.99. The Morgan fingerprint density at radius 3 is 2.89 bits per heavy atom. The SMILES string of the molecule is CN1CC(NC2CCCCC2)[N+]([O-])(c2nncs2)C1. The van der Waals surface area contributed by atoms with Crippen LogP contribution in [0, 0.1) is 5.21 Å². The van der Waals surface area contributed by atoms with E-state index in [1.807, 2.05) is 7.05 Å². The minimum atomic E-state index is -0.391. The van der Waals surface area contributed by atoms with Crippen LogP contribution in [0.2, 0.25) is 0 Å². The molecule has 0 spiro atoms. The van der Waals surface area contributed by atoms with Crippen LogP contribution in [0.1, 0.15) is 32.1 Å². The molecule has 1 aromatic heterocycles. The maximum absolute atomic E-state index is 13.1. The molecule has 1 N–H and O–H groups in total. The van der Waals surface area contributed by atoms with E-state index in [-0.39, 0.29) is 6.17 Å². The Morgan fingerprint density at radius 2 is 2.21 bits per heavy atom. The van der Waals surface area contributed by atoms with Crippen molar-refractivity contribution in [3.05, 3.63) is 10.7 Å². The highest BCUT2D eigenvalue weighted by Gasteiger charge is 2.43. The van der Waals surface area contributed by atoms with Gasteiger partial charge in [0.2, 0.25) is 0 Å². The number of quaternary nitrogens is 1. The van der Waals surface area contributed by atoms with Crippen molar-refractivity contribution in [1.82, 2.24) is 25.1 Å². The lowest BCUT2D eigenvalue weighted by atomic mass is 9.95. The van der Waals surface area contributed by atoms with Crippen molar-refractivity contribution in [2.75, 3.05) is 20.3 Å². The quantitative estimate of drug-likeness (QED) is 0.672. The summed E-state index contributed by atoms with van der Waals surface area (Å²) in [5.41, 5.74) is 1.64. The molecule has 19 heavy (non-hydrogen) atoms. The molecule has 6 nitrogen and oxygen atoms in total. The van der Waals surface area contributed by atoms with Crippen LogP contribution in [0.4, 0.5) is 5.13 Å². The van der Waals surface area contributed by atoms with Crippen LogP contribution in [-0.2, 0) is 0 Å². The van der Waals surface area contributed by atoms with E-state index in [9.17, 15) is 5.21 Å². The molecule has 1 aromatic rings. The van der Waals surface area contributed by atoms with Gasteiger partial charge in [0.25, 0.3) is 0 Å². The van der Waals surface area contributed by atoms with Gasteiger partial charge in [0, 0.05) is 6.04 Å². The van der Waals surface area contributed by atoms with Gasteiger partial charge in [-0.25, -0.2) is 0 Å². The number of likely N-dealkylation sites (N-methyl/N-ethyl adjacent to an activating group) is 1. The van der Waals surface area contributed by atoms with Gasteiger partial charge >= 0.3 is 5.13 Å². The first-order valence-corrected chi connectivity index (χ1v) is 7.86. The van der Waals surface area contributed by atoms with Crippen molar-refractivity contribution in [3.63, 3.8) is 0 Å². The summed E-state index contributed by atoms with van der Waals surface area (Å²) in [5.74, 6) is 0. The van der Waals surface area contributed by atoms with E-state index in [1.165, 1.54) is 43.4 Å². The molecule has 1 aliphatic heterocycles. The van der Waals surface area contributed by atoms with Crippen molar-refractivity contribution in [2.24, 2.45) is 0 Å². The summed E-state index contributed by atoms with van der Waals surface area (Å²) >= 11 is 1.36. The minimum absolute atomic E-state index is 0.110. The van der Waals surface area contributed by atoms with Crippen LogP contribution in [-0.4, -0.2) is 47.6 Å². The molecule has 2 aliphatic rings. The summed E-state index contributed by atoms with van der Waals surface area (Å²) in [6.45, 7) is 1.24. The predicted molar refractivity (Wildman–Crippen MR) is 76.4 cm³/mol. The smallest absolute Gasteiger partial charge is 0.308 e. The van der Waals surface area contributed by atoms with Crippen molar-refractivity contribution in [1.29, 1.82) is 0 Å². The number of rotatable bonds is 3. The molecule has 1 saturated carbocycles. The Labute approximate surface area is 117 Å². The third-order valence-electron chi connectivity index (χ3n) is 4.15. The van der Waals surface area contributed by atoms with Gasteiger partial charge in [0.15, 0.2) is 6.17 Å². The van der Waals surface area contributed by atoms with Crippen LogP contribution < -0.4 is 9.96 Å². The number of nitrogens with zero attached hydrogens (tertiary/aromatic N) is 4. The Bertz CT molecular complexity index is 408. The highest BCUT2D eigenvalue weighted by atomic mass is 32.1. The summed E-state index contributed by atoms with van der Waals surface area (Å²) in [6, 6.07) is 0.490. The fourth-order valence-corrected chi connectivity index (χ4v) is 3.83. The molecule has 2 unspecified atom stereocenters. The molecule has 0 aromatic carbocycles. The maximum atomic E-state index is 13.1. The summed E-state index contributed by atoms with van der Waals surface area (Å²) in [4.78, 5) is 2.08. The number of nitrogens with one attached hydrogen (secondary N) is 1. The Hall–Kier alpha value is -0.600. The molecule has 1 saturated heterocycles. The first kappa shape index (κ1) is 13.4. The summed E-state index contributed by atoms with van der Waals surface area (Å²) in [6.07, 6.45) is 6.15. The number of hydrogen-bond donors (Lipinski definition) is 1. The van der Waals surface area contributed by atoms with Gasteiger partial charge in [-0.1, -0.05) is 24.4 Å². The molecular weight excluding hydrogens is 262 g/mol. The molecule has 1 aliphatic carbocycles. The third-order valence-corrected chi connectivity index (χ3v) is 4.95. The molecule has 2 heterocycles. The van der Waals surface area contributed by atoms with E-state index >= 15 is 0 Å². The largest absolute Gasteiger partial charge is 0.623 e. The zero-order valence-corrected chi connectivity index (χ0v) is 12.1. The molecule has 106 valence electrons. The molecule has 0 bridgehead atoms. The van der Waals surface area contributed by atoms with Gasteiger partial charge in [-0.15, -0.1) is 5.10 Å². The van der Waals surface area contributed by atoms with Crippen molar-refractivity contribution < 1.29 is 0 Å². The molecule has 7 heteroatoms. The third kappa shape index (κ3) is 2.66. The van der Waals surface area contributed by atoms with E-state index in [1.54, 1.807) is 5.51 Å². The van der Waals surface area contributed by atoms with Gasteiger partial charge in [-0.3, -0.25) is 14.9 Å². The van der Waals surface area contributed by atoms with Gasteiger partial charge in [-0.2, -0.15) is 0 Å². The van der Waals surface area contributed by atoms with E-state index in [4.69, 9.17) is 0 Å². The summed E-state index contributed by atoms with van der Waals surface area (Å²) < 4.78 is -0.391. The van der Waals surface area contributed by atoms with E-state index in [0.29, 0.717) is 17.8 Å². The standard InChI is InChI=1S/C12H21N5OS/c1-16-7-11(14-10-5-3-2-4-6-10)17(18,9-16)12-15-13-8-19-12/h8,10-11,14H,2-7,9H2,1H3. The molecule has 2 atom stereocenters. The van der Waals surface area contributed by atoms with Crippen molar-refractivity contribution >= 4 is 16.5 Å². The van der Waals surface area contributed by atoms with Crippen LogP contribution in [0.5, 0.6) is 0 Å². The van der Waals surface area contributed by atoms with Crippen molar-refractivity contribution in [2.45, 2.75) is 44.3 Å². The lowest BCUT2D eigenvalue weighted by molar-refractivity contribution is 0.245. The number of hydroxylamine groups is 2. The molecule has 2 fully saturated rings. The highest BCUT2D eigenvalue weighted by molar-refractivity contribution is 7.13. The number of aromatic nitrogens is 2. The summed E-state index contributed by atoms with van der Waals surface area (Å²) in [5, 5.41) is 25.1. The Morgan fingerprint density at radius 1 is 1.42 bits per heavy atom. The predicted octanol–water partition coefficient (Wildman–Crippen LogP) is 1.49. The van der Waals surface area contributed by atoms with E-state index in [2.05, 4.69) is 20.4 Å². The average Bonchev–Trinajstić information content (AvgIpc) is 3.01. The van der Waals surface area contributed by atoms with Crippen LogP contribution in [0.3, 0.4) is 0 Å². The van der Waals surface area contributed by atoms with Crippen LogP contribution >= 0.6 is 11.3 Å². The fraction of sp³-hybridized carbons (Fsp3) is 0.833. The highest BCUT2D eigenvalue weighted by Crippen LogP contribution is 2.31. The normalized spacial score (nSPS) is 33.9.